The van der Waals surface area contributed by atoms with E-state index in [1.165, 1.54) is 16.1 Å². The molecule has 4 heteroatoms. The van der Waals surface area contributed by atoms with Crippen molar-refractivity contribution in [2.24, 2.45) is 5.73 Å². The van der Waals surface area contributed by atoms with Crippen LogP contribution < -0.4 is 5.73 Å². The molecule has 2 aromatic heterocycles. The molecule has 0 fully saturated rings. The molecule has 0 aromatic carbocycles. The number of aryl methyl sites for hydroxylation is 1. The van der Waals surface area contributed by atoms with Crippen LogP contribution in [0.1, 0.15) is 11.8 Å². The minimum absolute atomic E-state index is 0.616. The molecule has 2 rings (SSSR count). The predicted octanol–water partition coefficient (Wildman–Crippen LogP) is 2.09. The molecule has 2 N–H and O–H groups in total. The first-order chi connectivity index (χ1) is 6.85. The van der Waals surface area contributed by atoms with Gasteiger partial charge < -0.3 is 5.73 Å². The zero-order chi connectivity index (χ0) is 9.97. The number of aromatic nitrogens is 2. The first-order valence-electron chi connectivity index (χ1n) is 4.64. The van der Waals surface area contributed by atoms with Gasteiger partial charge in [-0.1, -0.05) is 0 Å². The summed E-state index contributed by atoms with van der Waals surface area (Å²) in [5.74, 6) is 0. The highest BCUT2D eigenvalue weighted by molar-refractivity contribution is 7.10. The molecule has 0 saturated heterocycles. The topological polar surface area (TPSA) is 43.8 Å². The fraction of sp³-hybridized carbons (Fsp3) is 0.300. The van der Waals surface area contributed by atoms with E-state index in [9.17, 15) is 0 Å². The predicted molar refractivity (Wildman–Crippen MR) is 59.1 cm³/mol. The fourth-order valence-electron chi connectivity index (χ4n) is 1.45. The molecule has 14 heavy (non-hydrogen) atoms. The van der Waals surface area contributed by atoms with Crippen molar-refractivity contribution >= 4 is 11.3 Å². The second-order valence-corrected chi connectivity index (χ2v) is 4.03. The van der Waals surface area contributed by atoms with Crippen LogP contribution in [0.3, 0.4) is 0 Å². The standard InChI is InChI=1S/C10H13N3S/c1-2-13-10(3-4-12-13)8-5-9(6-11)14-7-8/h3-5,7H,2,6,11H2,1H3. The molecule has 0 spiro atoms. The SMILES string of the molecule is CCn1nccc1-c1csc(CN)c1. The van der Waals surface area contributed by atoms with Crippen LogP contribution in [0.15, 0.2) is 23.7 Å². The smallest absolute Gasteiger partial charge is 0.0690 e. The van der Waals surface area contributed by atoms with Crippen LogP contribution in [0.25, 0.3) is 11.3 Å². The summed E-state index contributed by atoms with van der Waals surface area (Å²) in [5, 5.41) is 6.37. The summed E-state index contributed by atoms with van der Waals surface area (Å²) >= 11 is 1.70. The number of nitrogens with two attached hydrogens (primary N) is 1. The van der Waals surface area contributed by atoms with Crippen LogP contribution in [0, 0.1) is 0 Å². The van der Waals surface area contributed by atoms with E-state index in [2.05, 4.69) is 23.5 Å². The van der Waals surface area contributed by atoms with Gasteiger partial charge in [0.15, 0.2) is 0 Å². The second kappa shape index (κ2) is 3.94. The number of nitrogens with zero attached hydrogens (tertiary/aromatic N) is 2. The van der Waals surface area contributed by atoms with Crippen molar-refractivity contribution in [3.05, 3.63) is 28.6 Å². The molecule has 0 radical (unpaired) electrons. The maximum Gasteiger partial charge on any atom is 0.0690 e. The van der Waals surface area contributed by atoms with Crippen molar-refractivity contribution < 1.29 is 0 Å². The van der Waals surface area contributed by atoms with Gasteiger partial charge in [0, 0.05) is 35.1 Å². The number of hydrogen-bond donors (Lipinski definition) is 1. The molecule has 0 aliphatic rings. The van der Waals surface area contributed by atoms with Crippen molar-refractivity contribution in [2.45, 2.75) is 20.0 Å². The molecule has 74 valence electrons. The van der Waals surface area contributed by atoms with Gasteiger partial charge in [-0.25, -0.2) is 0 Å². The van der Waals surface area contributed by atoms with E-state index in [4.69, 9.17) is 5.73 Å². The molecule has 3 nitrogen and oxygen atoms in total. The van der Waals surface area contributed by atoms with Crippen LogP contribution in [0.2, 0.25) is 0 Å². The highest BCUT2D eigenvalue weighted by Gasteiger charge is 2.05. The lowest BCUT2D eigenvalue weighted by molar-refractivity contribution is 0.667. The number of thiophene rings is 1. The summed E-state index contributed by atoms with van der Waals surface area (Å²) in [6.45, 7) is 3.60. The highest BCUT2D eigenvalue weighted by Crippen LogP contribution is 2.24. The van der Waals surface area contributed by atoms with Crippen LogP contribution in [0.4, 0.5) is 0 Å². The maximum atomic E-state index is 5.58. The average Bonchev–Trinajstić information content (AvgIpc) is 2.85. The van der Waals surface area contributed by atoms with Crippen LogP contribution in [-0.2, 0) is 13.1 Å². The molecule has 0 aliphatic heterocycles. The molecule has 0 aliphatic carbocycles. The van der Waals surface area contributed by atoms with E-state index in [1.54, 1.807) is 11.3 Å². The summed E-state index contributed by atoms with van der Waals surface area (Å²) in [7, 11) is 0. The van der Waals surface area contributed by atoms with Gasteiger partial charge in [-0.15, -0.1) is 11.3 Å². The Hall–Kier alpha value is -1.13. The Bertz CT molecular complexity index is 416. The fourth-order valence-corrected chi connectivity index (χ4v) is 2.21. The Kier molecular flexibility index (Phi) is 2.65. The normalized spacial score (nSPS) is 10.7. The molecule has 0 amide bonds. The Labute approximate surface area is 87.2 Å². The Morgan fingerprint density at radius 1 is 1.57 bits per heavy atom. The number of hydrogen-bond acceptors (Lipinski definition) is 3. The molecule has 0 bridgehead atoms. The van der Waals surface area contributed by atoms with Crippen LogP contribution in [0.5, 0.6) is 0 Å². The Morgan fingerprint density at radius 3 is 3.07 bits per heavy atom. The van der Waals surface area contributed by atoms with E-state index in [0.29, 0.717) is 6.54 Å². The monoisotopic (exact) mass is 207 g/mol. The van der Waals surface area contributed by atoms with Gasteiger partial charge in [0.2, 0.25) is 0 Å². The van der Waals surface area contributed by atoms with Gasteiger partial charge in [-0.3, -0.25) is 4.68 Å². The third kappa shape index (κ3) is 1.58. The Morgan fingerprint density at radius 2 is 2.43 bits per heavy atom. The first kappa shape index (κ1) is 9.43. The minimum Gasteiger partial charge on any atom is -0.326 e. The summed E-state index contributed by atoms with van der Waals surface area (Å²) in [6.07, 6.45) is 1.83. The number of rotatable bonds is 3. The van der Waals surface area contributed by atoms with Gasteiger partial charge in [0.05, 0.1) is 5.69 Å². The molecular formula is C10H13N3S. The third-order valence-electron chi connectivity index (χ3n) is 2.17. The summed E-state index contributed by atoms with van der Waals surface area (Å²) in [5.41, 5.74) is 7.96. The van der Waals surface area contributed by atoms with Crippen molar-refractivity contribution in [3.63, 3.8) is 0 Å². The van der Waals surface area contributed by atoms with E-state index in [1.807, 2.05) is 16.9 Å². The van der Waals surface area contributed by atoms with E-state index < -0.39 is 0 Å². The Balaban J connectivity index is 2.38. The average molecular weight is 207 g/mol. The summed E-state index contributed by atoms with van der Waals surface area (Å²) in [4.78, 5) is 1.21. The van der Waals surface area contributed by atoms with Gasteiger partial charge in [-0.2, -0.15) is 5.10 Å². The van der Waals surface area contributed by atoms with Crippen molar-refractivity contribution in [1.82, 2.24) is 9.78 Å². The summed E-state index contributed by atoms with van der Waals surface area (Å²) < 4.78 is 1.99. The van der Waals surface area contributed by atoms with Crippen molar-refractivity contribution in [2.75, 3.05) is 0 Å². The summed E-state index contributed by atoms with van der Waals surface area (Å²) in [6, 6.07) is 4.17. The van der Waals surface area contributed by atoms with Crippen LogP contribution in [-0.4, -0.2) is 9.78 Å². The van der Waals surface area contributed by atoms with E-state index in [0.717, 1.165) is 6.54 Å². The minimum atomic E-state index is 0.616. The van der Waals surface area contributed by atoms with Gasteiger partial charge >= 0.3 is 0 Å². The lowest BCUT2D eigenvalue weighted by atomic mass is 10.2. The van der Waals surface area contributed by atoms with Crippen molar-refractivity contribution in [1.29, 1.82) is 0 Å². The zero-order valence-electron chi connectivity index (χ0n) is 8.10. The first-order valence-corrected chi connectivity index (χ1v) is 5.52. The highest BCUT2D eigenvalue weighted by atomic mass is 32.1. The second-order valence-electron chi connectivity index (χ2n) is 3.04. The maximum absolute atomic E-state index is 5.58. The molecule has 2 heterocycles. The molecule has 0 atom stereocenters. The molecule has 0 unspecified atom stereocenters. The quantitative estimate of drug-likeness (QED) is 0.837. The lowest BCUT2D eigenvalue weighted by Gasteiger charge is -2.01. The molecule has 0 saturated carbocycles. The van der Waals surface area contributed by atoms with Gasteiger partial charge in [0.25, 0.3) is 0 Å². The van der Waals surface area contributed by atoms with Crippen LogP contribution >= 0.6 is 11.3 Å². The third-order valence-corrected chi connectivity index (χ3v) is 3.13. The zero-order valence-corrected chi connectivity index (χ0v) is 8.92. The van der Waals surface area contributed by atoms with Gasteiger partial charge in [0.1, 0.15) is 0 Å². The van der Waals surface area contributed by atoms with E-state index >= 15 is 0 Å². The largest absolute Gasteiger partial charge is 0.326 e. The van der Waals surface area contributed by atoms with E-state index in [-0.39, 0.29) is 0 Å². The lowest BCUT2D eigenvalue weighted by Crippen LogP contribution is -1.98. The van der Waals surface area contributed by atoms with Gasteiger partial charge in [-0.05, 0) is 19.1 Å². The van der Waals surface area contributed by atoms with Crippen molar-refractivity contribution in [3.8, 4) is 11.3 Å². The molecular weight excluding hydrogens is 194 g/mol. The molecule has 2 aromatic rings.